The highest BCUT2D eigenvalue weighted by atomic mass is 19.3. The number of ether oxygens (including phenoxy) is 2. The van der Waals surface area contributed by atoms with Crippen LogP contribution in [0, 0.1) is 12.7 Å². The Bertz CT molecular complexity index is 1350. The normalized spacial score (nSPS) is 16.7. The molecule has 0 bridgehead atoms. The van der Waals surface area contributed by atoms with E-state index in [1.807, 2.05) is 0 Å². The van der Waals surface area contributed by atoms with Gasteiger partial charge in [0.05, 0.1) is 16.7 Å². The summed E-state index contributed by atoms with van der Waals surface area (Å²) in [6, 6.07) is 11.2. The van der Waals surface area contributed by atoms with E-state index in [0.29, 0.717) is 35.2 Å². The van der Waals surface area contributed by atoms with E-state index >= 15 is 0 Å². The molecular weight excluding hydrogens is 453 g/mol. The van der Waals surface area contributed by atoms with Crippen LogP contribution in [-0.2, 0) is 10.2 Å². The fourth-order valence-corrected chi connectivity index (χ4v) is 3.98. The SMILES string of the molecule is Cc1ccc(NC(=O)C2(c3ccc4c(c3)OC(F)(F)O4)CC2)nc1-c1ccc(F)c(C(=O)O)c1. The molecule has 1 saturated carbocycles. The lowest BCUT2D eigenvalue weighted by molar-refractivity contribution is -0.286. The van der Waals surface area contributed by atoms with E-state index in [1.165, 1.54) is 24.3 Å². The number of nitrogens with one attached hydrogen (secondary N) is 1. The number of carboxylic acid groups (broad SMARTS) is 1. The van der Waals surface area contributed by atoms with Crippen LogP contribution in [0.5, 0.6) is 11.5 Å². The quantitative estimate of drug-likeness (QED) is 0.551. The molecule has 0 spiro atoms. The number of pyridine rings is 1. The summed E-state index contributed by atoms with van der Waals surface area (Å²) in [4.78, 5) is 28.9. The molecule has 5 rings (SSSR count). The number of fused-ring (bicyclic) bond motifs is 1. The molecule has 10 heteroatoms. The van der Waals surface area contributed by atoms with Crippen molar-refractivity contribution in [1.29, 1.82) is 0 Å². The fraction of sp³-hybridized carbons (Fsp3) is 0.208. The standard InChI is InChI=1S/C24H17F3N2O5/c1-12-2-7-19(28-20(12)13-3-5-16(25)15(10-13)21(30)31)29-22(32)23(8-9-23)14-4-6-17-18(11-14)34-24(26,27)33-17/h2-7,10-11H,8-9H2,1H3,(H,30,31)(H,28,29,32). The summed E-state index contributed by atoms with van der Waals surface area (Å²) < 4.78 is 49.4. The maximum atomic E-state index is 13.8. The fourth-order valence-electron chi connectivity index (χ4n) is 3.98. The maximum Gasteiger partial charge on any atom is 0.586 e. The van der Waals surface area contributed by atoms with Gasteiger partial charge in [-0.05, 0) is 67.3 Å². The third-order valence-corrected chi connectivity index (χ3v) is 5.95. The van der Waals surface area contributed by atoms with Gasteiger partial charge in [0.25, 0.3) is 0 Å². The van der Waals surface area contributed by atoms with E-state index < -0.39 is 29.1 Å². The molecular formula is C24H17F3N2O5. The van der Waals surface area contributed by atoms with Crippen molar-refractivity contribution in [3.63, 3.8) is 0 Å². The Kier molecular flexibility index (Phi) is 4.78. The number of amides is 1. The molecule has 2 aliphatic rings. The molecule has 1 aliphatic carbocycles. The van der Waals surface area contributed by atoms with Crippen LogP contribution in [-0.4, -0.2) is 28.3 Å². The molecule has 0 saturated heterocycles. The smallest absolute Gasteiger partial charge is 0.478 e. The lowest BCUT2D eigenvalue weighted by Crippen LogP contribution is -2.28. The summed E-state index contributed by atoms with van der Waals surface area (Å²) in [6.45, 7) is 1.75. The average Bonchev–Trinajstić information content (AvgIpc) is 3.52. The van der Waals surface area contributed by atoms with Gasteiger partial charge in [-0.2, -0.15) is 0 Å². The second-order valence-corrected chi connectivity index (χ2v) is 8.23. The van der Waals surface area contributed by atoms with Crippen LogP contribution in [0.15, 0.2) is 48.5 Å². The Morgan fingerprint density at radius 3 is 2.47 bits per heavy atom. The van der Waals surface area contributed by atoms with E-state index in [-0.39, 0.29) is 23.2 Å². The van der Waals surface area contributed by atoms with Crippen LogP contribution >= 0.6 is 0 Å². The van der Waals surface area contributed by atoms with Crippen molar-refractivity contribution >= 4 is 17.7 Å². The number of nitrogens with zero attached hydrogens (tertiary/aromatic N) is 1. The second-order valence-electron chi connectivity index (χ2n) is 8.23. The Morgan fingerprint density at radius 1 is 1.03 bits per heavy atom. The lowest BCUT2D eigenvalue weighted by Gasteiger charge is -2.17. The van der Waals surface area contributed by atoms with Crippen molar-refractivity contribution < 1.29 is 37.3 Å². The van der Waals surface area contributed by atoms with Gasteiger partial charge in [0.1, 0.15) is 11.6 Å². The van der Waals surface area contributed by atoms with Gasteiger partial charge in [-0.1, -0.05) is 12.1 Å². The average molecular weight is 470 g/mol. The van der Waals surface area contributed by atoms with Crippen molar-refractivity contribution in [2.24, 2.45) is 0 Å². The van der Waals surface area contributed by atoms with Gasteiger partial charge >= 0.3 is 12.3 Å². The van der Waals surface area contributed by atoms with E-state index in [1.54, 1.807) is 25.1 Å². The first-order valence-electron chi connectivity index (χ1n) is 10.3. The van der Waals surface area contributed by atoms with Crippen molar-refractivity contribution in [3.8, 4) is 22.8 Å². The highest BCUT2D eigenvalue weighted by Gasteiger charge is 2.53. The van der Waals surface area contributed by atoms with Crippen molar-refractivity contribution in [3.05, 3.63) is 71.0 Å². The summed E-state index contributed by atoms with van der Waals surface area (Å²) in [5, 5.41) is 11.9. The predicted octanol–water partition coefficient (Wildman–Crippen LogP) is 4.89. The number of aryl methyl sites for hydroxylation is 1. The molecule has 2 heterocycles. The van der Waals surface area contributed by atoms with E-state index in [0.717, 1.165) is 6.07 Å². The summed E-state index contributed by atoms with van der Waals surface area (Å²) in [7, 11) is 0. The molecule has 1 aromatic heterocycles. The molecule has 1 aliphatic heterocycles. The van der Waals surface area contributed by atoms with E-state index in [4.69, 9.17) is 0 Å². The topological polar surface area (TPSA) is 97.8 Å². The number of hydrogen-bond donors (Lipinski definition) is 2. The number of hydrogen-bond acceptors (Lipinski definition) is 5. The van der Waals surface area contributed by atoms with E-state index in [2.05, 4.69) is 19.8 Å². The minimum absolute atomic E-state index is 0.102. The number of rotatable bonds is 5. The van der Waals surface area contributed by atoms with Crippen molar-refractivity contribution in [1.82, 2.24) is 4.98 Å². The van der Waals surface area contributed by atoms with Gasteiger partial charge in [0, 0.05) is 5.56 Å². The molecule has 34 heavy (non-hydrogen) atoms. The number of carbonyl (C=O) groups is 2. The zero-order valence-electron chi connectivity index (χ0n) is 17.7. The Balaban J connectivity index is 1.41. The van der Waals surface area contributed by atoms with Gasteiger partial charge in [-0.25, -0.2) is 14.2 Å². The molecule has 174 valence electrons. The van der Waals surface area contributed by atoms with Gasteiger partial charge in [0.2, 0.25) is 5.91 Å². The summed E-state index contributed by atoms with van der Waals surface area (Å²) in [5.41, 5.74) is 0.565. The molecule has 2 aromatic carbocycles. The number of carboxylic acids is 1. The van der Waals surface area contributed by atoms with Crippen LogP contribution in [0.25, 0.3) is 11.3 Å². The van der Waals surface area contributed by atoms with Crippen LogP contribution in [0.4, 0.5) is 19.0 Å². The van der Waals surface area contributed by atoms with Gasteiger partial charge in [0.15, 0.2) is 11.5 Å². The lowest BCUT2D eigenvalue weighted by atomic mass is 9.94. The highest BCUT2D eigenvalue weighted by Crippen LogP contribution is 2.52. The first-order chi connectivity index (χ1) is 16.1. The maximum absolute atomic E-state index is 13.8. The Labute approximate surface area is 191 Å². The number of anilines is 1. The van der Waals surface area contributed by atoms with Crippen LogP contribution in [0.2, 0.25) is 0 Å². The molecule has 0 radical (unpaired) electrons. The molecule has 7 nitrogen and oxygen atoms in total. The molecule has 1 amide bonds. The number of benzene rings is 2. The van der Waals surface area contributed by atoms with Crippen molar-refractivity contribution in [2.75, 3.05) is 5.32 Å². The Morgan fingerprint density at radius 2 is 1.76 bits per heavy atom. The molecule has 0 unspecified atom stereocenters. The largest absolute Gasteiger partial charge is 0.586 e. The molecule has 0 atom stereocenters. The third-order valence-electron chi connectivity index (χ3n) is 5.95. The monoisotopic (exact) mass is 470 g/mol. The van der Waals surface area contributed by atoms with Gasteiger partial charge in [-0.15, -0.1) is 8.78 Å². The number of carbonyl (C=O) groups excluding carboxylic acids is 1. The highest BCUT2D eigenvalue weighted by molar-refractivity contribution is 6.01. The van der Waals surface area contributed by atoms with Crippen molar-refractivity contribution in [2.45, 2.75) is 31.5 Å². The molecule has 3 aromatic rings. The Hall–Kier alpha value is -4.08. The molecule has 2 N–H and O–H groups in total. The summed E-state index contributed by atoms with van der Waals surface area (Å²) >= 11 is 0. The zero-order chi connectivity index (χ0) is 24.3. The van der Waals surface area contributed by atoms with Gasteiger partial charge < -0.3 is 19.9 Å². The second kappa shape index (κ2) is 7.47. The number of alkyl halides is 2. The number of halogens is 3. The van der Waals surface area contributed by atoms with Crippen LogP contribution in [0.3, 0.4) is 0 Å². The van der Waals surface area contributed by atoms with Crippen LogP contribution in [0.1, 0.15) is 34.3 Å². The first-order valence-corrected chi connectivity index (χ1v) is 10.3. The van der Waals surface area contributed by atoms with E-state index in [9.17, 15) is 27.9 Å². The summed E-state index contributed by atoms with van der Waals surface area (Å²) in [5.74, 6) is -2.66. The van der Waals surface area contributed by atoms with Crippen LogP contribution < -0.4 is 14.8 Å². The summed E-state index contributed by atoms with van der Waals surface area (Å²) in [6.07, 6.45) is -2.73. The predicted molar refractivity (Wildman–Crippen MR) is 114 cm³/mol. The van der Waals surface area contributed by atoms with Gasteiger partial charge in [-0.3, -0.25) is 4.79 Å². The number of aromatic nitrogens is 1. The minimum atomic E-state index is -3.75. The minimum Gasteiger partial charge on any atom is -0.478 e. The number of aromatic carboxylic acids is 1. The zero-order valence-corrected chi connectivity index (χ0v) is 17.7. The third kappa shape index (κ3) is 3.70. The molecule has 1 fully saturated rings. The first kappa shape index (κ1) is 21.7.